The van der Waals surface area contributed by atoms with E-state index in [1.807, 2.05) is 0 Å². The highest BCUT2D eigenvalue weighted by Gasteiger charge is 2.11. The van der Waals surface area contributed by atoms with Crippen molar-refractivity contribution in [2.45, 2.75) is 12.6 Å². The van der Waals surface area contributed by atoms with Gasteiger partial charge in [0, 0.05) is 6.20 Å². The zero-order valence-corrected chi connectivity index (χ0v) is 9.59. The van der Waals surface area contributed by atoms with Crippen LogP contribution in [0.2, 0.25) is 0 Å². The Labute approximate surface area is 103 Å². The lowest BCUT2D eigenvalue weighted by molar-refractivity contribution is 0.148. The zero-order chi connectivity index (χ0) is 12.8. The second-order valence-electron chi connectivity index (χ2n) is 3.68. The highest BCUT2D eigenvalue weighted by molar-refractivity contribution is 5.73. The first-order valence-electron chi connectivity index (χ1n) is 5.47. The second kappa shape index (κ2) is 5.87. The third-order valence-electron chi connectivity index (χ3n) is 2.33. The smallest absolute Gasteiger partial charge is 0.315 e. The number of carbonyl (C=O) groups excluding carboxylic acids is 1. The largest absolute Gasteiger partial charge is 0.467 e. The Hall–Kier alpha value is -2.28. The molecule has 0 saturated carbocycles. The van der Waals surface area contributed by atoms with Crippen LogP contribution in [0.3, 0.4) is 0 Å². The van der Waals surface area contributed by atoms with Gasteiger partial charge in [0.15, 0.2) is 0 Å². The molecule has 0 aliphatic carbocycles. The number of aromatic amines is 1. The molecule has 0 aliphatic heterocycles. The number of furan rings is 1. The third kappa shape index (κ3) is 3.36. The first kappa shape index (κ1) is 12.2. The second-order valence-corrected chi connectivity index (χ2v) is 3.68. The number of rotatable bonds is 5. The van der Waals surface area contributed by atoms with Crippen molar-refractivity contribution in [2.75, 3.05) is 6.54 Å². The van der Waals surface area contributed by atoms with E-state index in [1.54, 1.807) is 24.4 Å². The van der Waals surface area contributed by atoms with Crippen molar-refractivity contribution in [3.8, 4) is 0 Å². The predicted molar refractivity (Wildman–Crippen MR) is 62.5 cm³/mol. The third-order valence-corrected chi connectivity index (χ3v) is 2.33. The lowest BCUT2D eigenvalue weighted by Gasteiger charge is -2.10. The van der Waals surface area contributed by atoms with Crippen molar-refractivity contribution in [3.05, 3.63) is 42.1 Å². The Morgan fingerprint density at radius 2 is 2.39 bits per heavy atom. The number of hydrogen-bond acceptors (Lipinski definition) is 4. The van der Waals surface area contributed by atoms with Crippen molar-refractivity contribution in [3.63, 3.8) is 0 Å². The summed E-state index contributed by atoms with van der Waals surface area (Å²) in [6.07, 6.45) is 2.23. The van der Waals surface area contributed by atoms with E-state index in [0.717, 1.165) is 5.69 Å². The van der Waals surface area contributed by atoms with E-state index in [0.29, 0.717) is 12.3 Å². The maximum absolute atomic E-state index is 11.4. The fourth-order valence-electron chi connectivity index (χ4n) is 1.39. The summed E-state index contributed by atoms with van der Waals surface area (Å²) in [4.78, 5) is 11.4. The van der Waals surface area contributed by atoms with Crippen molar-refractivity contribution in [1.82, 2.24) is 20.8 Å². The molecule has 0 aromatic carbocycles. The van der Waals surface area contributed by atoms with Gasteiger partial charge in [-0.05, 0) is 18.2 Å². The molecule has 0 saturated heterocycles. The van der Waals surface area contributed by atoms with Crippen LogP contribution in [-0.4, -0.2) is 27.9 Å². The molecule has 96 valence electrons. The summed E-state index contributed by atoms with van der Waals surface area (Å²) in [5.41, 5.74) is 0.803. The van der Waals surface area contributed by atoms with Crippen LogP contribution in [0.15, 0.2) is 35.1 Å². The summed E-state index contributed by atoms with van der Waals surface area (Å²) < 4.78 is 5.01. The molecule has 0 fully saturated rings. The molecule has 1 unspecified atom stereocenters. The summed E-state index contributed by atoms with van der Waals surface area (Å²) in [6, 6.07) is 4.72. The van der Waals surface area contributed by atoms with E-state index in [4.69, 9.17) is 4.42 Å². The lowest BCUT2D eigenvalue weighted by atomic mass is 10.3. The van der Waals surface area contributed by atoms with E-state index < -0.39 is 6.10 Å². The number of aromatic nitrogens is 2. The van der Waals surface area contributed by atoms with E-state index in [-0.39, 0.29) is 12.6 Å². The number of carbonyl (C=O) groups is 1. The van der Waals surface area contributed by atoms with Crippen molar-refractivity contribution in [2.24, 2.45) is 0 Å². The van der Waals surface area contributed by atoms with Crippen LogP contribution in [0.4, 0.5) is 4.79 Å². The number of aliphatic hydroxyl groups is 1. The zero-order valence-electron chi connectivity index (χ0n) is 9.59. The Bertz CT molecular complexity index is 466. The van der Waals surface area contributed by atoms with Crippen molar-refractivity contribution < 1.29 is 14.3 Å². The molecule has 7 heteroatoms. The topological polar surface area (TPSA) is 103 Å². The van der Waals surface area contributed by atoms with Crippen LogP contribution in [0.25, 0.3) is 0 Å². The number of amides is 2. The minimum absolute atomic E-state index is 0.0856. The van der Waals surface area contributed by atoms with Gasteiger partial charge < -0.3 is 20.2 Å². The molecule has 1 atom stereocenters. The minimum Gasteiger partial charge on any atom is -0.467 e. The van der Waals surface area contributed by atoms with Gasteiger partial charge in [-0.1, -0.05) is 0 Å². The van der Waals surface area contributed by atoms with Crippen molar-refractivity contribution >= 4 is 6.03 Å². The number of H-pyrrole nitrogens is 1. The van der Waals surface area contributed by atoms with Gasteiger partial charge in [0.05, 0.1) is 25.0 Å². The summed E-state index contributed by atoms with van der Waals surface area (Å²) in [7, 11) is 0. The van der Waals surface area contributed by atoms with Crippen molar-refractivity contribution in [1.29, 1.82) is 0 Å². The number of urea groups is 1. The van der Waals surface area contributed by atoms with Crippen LogP contribution in [0.1, 0.15) is 17.6 Å². The maximum Gasteiger partial charge on any atom is 0.315 e. The molecule has 0 radical (unpaired) electrons. The lowest BCUT2D eigenvalue weighted by Crippen LogP contribution is -2.37. The first-order valence-corrected chi connectivity index (χ1v) is 5.47. The van der Waals surface area contributed by atoms with E-state index >= 15 is 0 Å². The Kier molecular flexibility index (Phi) is 3.98. The van der Waals surface area contributed by atoms with Gasteiger partial charge in [0.25, 0.3) is 0 Å². The summed E-state index contributed by atoms with van der Waals surface area (Å²) in [5.74, 6) is 0.420. The summed E-state index contributed by atoms with van der Waals surface area (Å²) >= 11 is 0. The molecule has 2 amide bonds. The molecule has 2 aromatic heterocycles. The molecular weight excluding hydrogens is 236 g/mol. The average Bonchev–Trinajstić information content (AvgIpc) is 3.05. The fourth-order valence-corrected chi connectivity index (χ4v) is 1.39. The average molecular weight is 250 g/mol. The van der Waals surface area contributed by atoms with E-state index in [9.17, 15) is 9.90 Å². The Balaban J connectivity index is 1.68. The molecule has 2 heterocycles. The van der Waals surface area contributed by atoms with Crippen LogP contribution in [0.5, 0.6) is 0 Å². The number of nitrogens with zero attached hydrogens (tertiary/aromatic N) is 1. The van der Waals surface area contributed by atoms with Crippen LogP contribution in [0, 0.1) is 0 Å². The van der Waals surface area contributed by atoms with Gasteiger partial charge in [-0.25, -0.2) is 4.79 Å². The van der Waals surface area contributed by atoms with Gasteiger partial charge in [-0.3, -0.25) is 5.10 Å². The quantitative estimate of drug-likeness (QED) is 0.621. The highest BCUT2D eigenvalue weighted by atomic mass is 16.4. The first-order chi connectivity index (χ1) is 8.75. The summed E-state index contributed by atoms with van der Waals surface area (Å²) in [6.45, 7) is 0.436. The number of hydrogen-bond donors (Lipinski definition) is 4. The molecular formula is C11H14N4O3. The maximum atomic E-state index is 11.4. The highest BCUT2D eigenvalue weighted by Crippen LogP contribution is 2.11. The molecule has 7 nitrogen and oxygen atoms in total. The normalized spacial score (nSPS) is 12.1. The molecule has 18 heavy (non-hydrogen) atoms. The predicted octanol–water partition coefficient (Wildman–Crippen LogP) is 0.535. The van der Waals surface area contributed by atoms with Crippen LogP contribution in [-0.2, 0) is 6.54 Å². The number of nitrogens with one attached hydrogen (secondary N) is 3. The van der Waals surface area contributed by atoms with Crippen LogP contribution >= 0.6 is 0 Å². The molecule has 2 rings (SSSR count). The van der Waals surface area contributed by atoms with Crippen LogP contribution < -0.4 is 10.6 Å². The SMILES string of the molecule is O=C(NCc1ccn[nH]1)NCC(O)c1ccco1. The molecule has 0 bridgehead atoms. The number of aliphatic hydroxyl groups excluding tert-OH is 1. The fraction of sp³-hybridized carbons (Fsp3) is 0.273. The Morgan fingerprint density at radius 3 is 3.06 bits per heavy atom. The van der Waals surface area contributed by atoms with E-state index in [2.05, 4.69) is 20.8 Å². The molecule has 0 aliphatic rings. The van der Waals surface area contributed by atoms with Gasteiger partial charge in [0.1, 0.15) is 11.9 Å². The van der Waals surface area contributed by atoms with Gasteiger partial charge in [-0.15, -0.1) is 0 Å². The molecule has 4 N–H and O–H groups in total. The standard InChI is InChI=1S/C11H14N4O3/c16-9(10-2-1-5-18-10)7-13-11(17)12-6-8-3-4-14-15-8/h1-5,9,16H,6-7H2,(H,14,15)(H2,12,13,17). The van der Waals surface area contributed by atoms with Gasteiger partial charge >= 0.3 is 6.03 Å². The monoisotopic (exact) mass is 250 g/mol. The molecule has 2 aromatic rings. The van der Waals surface area contributed by atoms with Gasteiger partial charge in [0.2, 0.25) is 0 Å². The Morgan fingerprint density at radius 1 is 1.50 bits per heavy atom. The van der Waals surface area contributed by atoms with Gasteiger partial charge in [-0.2, -0.15) is 5.10 Å². The minimum atomic E-state index is -0.849. The molecule has 0 spiro atoms. The summed E-state index contributed by atoms with van der Waals surface area (Å²) in [5, 5.41) is 21.3. The van der Waals surface area contributed by atoms with E-state index in [1.165, 1.54) is 6.26 Å².